The molecule has 1 N–H and O–H groups in total. The number of ether oxygens (including phenoxy) is 2. The number of esters is 1. The molecule has 12 heteroatoms. The fourth-order valence-electron chi connectivity index (χ4n) is 4.52. The van der Waals surface area contributed by atoms with E-state index in [1.165, 1.54) is 24.5 Å². The fraction of sp³-hybridized carbons (Fsp3) is 0.314. The molecule has 4 aromatic rings. The van der Waals surface area contributed by atoms with Crippen molar-refractivity contribution < 1.29 is 27.5 Å². The molecule has 1 unspecified atom stereocenters. The molecule has 2 aromatic heterocycles. The summed E-state index contributed by atoms with van der Waals surface area (Å²) in [5, 5.41) is 0.639. The molecule has 0 spiro atoms. The predicted molar refractivity (Wildman–Crippen MR) is 182 cm³/mol. The van der Waals surface area contributed by atoms with Crippen molar-refractivity contribution in [2.45, 2.75) is 70.1 Å². The van der Waals surface area contributed by atoms with Gasteiger partial charge in [0.2, 0.25) is 10.0 Å². The maximum absolute atomic E-state index is 13.5. The van der Waals surface area contributed by atoms with Crippen LogP contribution < -0.4 is 9.62 Å². The van der Waals surface area contributed by atoms with Crippen molar-refractivity contribution in [3.63, 3.8) is 0 Å². The number of carbonyl (C=O) groups excluding carboxylic acids is 2. The Morgan fingerprint density at radius 3 is 2.04 bits per heavy atom. The average molecular weight is 679 g/mol. The Hall–Kier alpha value is -4.32. The molecule has 0 aliphatic heterocycles. The fourth-order valence-corrected chi connectivity index (χ4v) is 5.82. The van der Waals surface area contributed by atoms with Crippen molar-refractivity contribution in [1.82, 2.24) is 14.7 Å². The number of hydrogen-bond acceptors (Lipinski definition) is 8. The summed E-state index contributed by atoms with van der Waals surface area (Å²) in [6.45, 7) is 9.83. The molecule has 2 aromatic carbocycles. The van der Waals surface area contributed by atoms with Crippen molar-refractivity contribution in [2.75, 3.05) is 11.4 Å². The highest BCUT2D eigenvalue weighted by molar-refractivity contribution is 7.89. The molecular formula is C35H39ClN4O6S. The van der Waals surface area contributed by atoms with Crippen molar-refractivity contribution in [3.8, 4) is 11.1 Å². The number of benzene rings is 2. The number of nitrogens with zero attached hydrogens (tertiary/aromatic N) is 3. The Bertz CT molecular complexity index is 1790. The van der Waals surface area contributed by atoms with Gasteiger partial charge < -0.3 is 9.47 Å². The van der Waals surface area contributed by atoms with Gasteiger partial charge in [-0.1, -0.05) is 54.1 Å². The SMILES string of the molecule is CC(C)(C)OC(=O)CN(C(=O)OC(C)(C)C)c1cccc(C(Cc2ccc(-c3ccc(Cl)cc3)cc2)NS(=O)(=O)c2cccnc2)n1. The van der Waals surface area contributed by atoms with Crippen molar-refractivity contribution in [1.29, 1.82) is 0 Å². The number of halogens is 1. The molecule has 0 radical (unpaired) electrons. The van der Waals surface area contributed by atoms with E-state index in [0.29, 0.717) is 10.7 Å². The number of aromatic nitrogens is 2. The molecule has 47 heavy (non-hydrogen) atoms. The third kappa shape index (κ3) is 10.6. The zero-order valence-electron chi connectivity index (χ0n) is 27.2. The number of sulfonamides is 1. The summed E-state index contributed by atoms with van der Waals surface area (Å²) < 4.78 is 40.8. The van der Waals surface area contributed by atoms with Gasteiger partial charge in [-0.05, 0) is 101 Å². The van der Waals surface area contributed by atoms with E-state index < -0.39 is 45.9 Å². The van der Waals surface area contributed by atoms with Crippen LogP contribution in [0, 0.1) is 0 Å². The third-order valence-electron chi connectivity index (χ3n) is 6.52. The van der Waals surface area contributed by atoms with Gasteiger partial charge in [-0.2, -0.15) is 0 Å². The Labute approximate surface area is 281 Å². The van der Waals surface area contributed by atoms with E-state index in [-0.39, 0.29) is 17.1 Å². The number of carbonyl (C=O) groups is 2. The normalized spacial score (nSPS) is 12.7. The lowest BCUT2D eigenvalue weighted by Gasteiger charge is -2.28. The number of hydrogen-bond donors (Lipinski definition) is 1. The largest absolute Gasteiger partial charge is 0.459 e. The Kier molecular flexibility index (Phi) is 11.1. The van der Waals surface area contributed by atoms with Crippen molar-refractivity contribution in [2.24, 2.45) is 0 Å². The van der Waals surface area contributed by atoms with Crippen molar-refractivity contribution >= 4 is 39.5 Å². The van der Waals surface area contributed by atoms with Crippen molar-refractivity contribution in [3.05, 3.63) is 108 Å². The molecule has 248 valence electrons. The first-order chi connectivity index (χ1) is 22.0. The van der Waals surface area contributed by atoms with E-state index in [9.17, 15) is 18.0 Å². The predicted octanol–water partition coefficient (Wildman–Crippen LogP) is 7.14. The molecule has 2 heterocycles. The lowest BCUT2D eigenvalue weighted by Crippen LogP contribution is -2.42. The summed E-state index contributed by atoms with van der Waals surface area (Å²) in [7, 11) is -4.04. The van der Waals surface area contributed by atoms with Gasteiger partial charge in [-0.15, -0.1) is 0 Å². The summed E-state index contributed by atoms with van der Waals surface area (Å²) >= 11 is 6.05. The van der Waals surface area contributed by atoms with E-state index in [2.05, 4.69) is 14.7 Å². The van der Waals surface area contributed by atoms with Crippen LogP contribution in [0.1, 0.15) is 58.8 Å². The van der Waals surface area contributed by atoms with Gasteiger partial charge >= 0.3 is 12.1 Å². The van der Waals surface area contributed by atoms with Gasteiger partial charge in [0.05, 0.1) is 11.7 Å². The summed E-state index contributed by atoms with van der Waals surface area (Å²) in [6, 6.07) is 22.1. The van der Waals surface area contributed by atoms with Gasteiger partial charge in [0.25, 0.3) is 0 Å². The second-order valence-corrected chi connectivity index (χ2v) is 15.0. The van der Waals surface area contributed by atoms with E-state index in [1.54, 1.807) is 59.7 Å². The number of nitrogens with one attached hydrogen (secondary N) is 1. The van der Waals surface area contributed by atoms with E-state index in [1.807, 2.05) is 48.5 Å². The van der Waals surface area contributed by atoms with E-state index >= 15 is 0 Å². The number of pyridine rings is 2. The third-order valence-corrected chi connectivity index (χ3v) is 8.23. The molecule has 1 amide bonds. The molecule has 0 fully saturated rings. The molecule has 0 aliphatic rings. The quantitative estimate of drug-likeness (QED) is 0.175. The Morgan fingerprint density at radius 2 is 1.47 bits per heavy atom. The molecule has 4 rings (SSSR count). The number of amides is 1. The lowest BCUT2D eigenvalue weighted by atomic mass is 9.99. The Balaban J connectivity index is 1.71. The lowest BCUT2D eigenvalue weighted by molar-refractivity contribution is -0.153. The molecule has 0 bridgehead atoms. The Morgan fingerprint density at radius 1 is 0.851 bits per heavy atom. The first-order valence-electron chi connectivity index (χ1n) is 15.0. The molecule has 0 saturated heterocycles. The highest BCUT2D eigenvalue weighted by atomic mass is 35.5. The summed E-state index contributed by atoms with van der Waals surface area (Å²) in [6.07, 6.45) is 2.16. The number of anilines is 1. The highest BCUT2D eigenvalue weighted by Gasteiger charge is 2.30. The molecule has 1 atom stereocenters. The van der Waals surface area contributed by atoms with Gasteiger partial charge in [0.1, 0.15) is 28.5 Å². The van der Waals surface area contributed by atoms with Crippen LogP contribution in [0.15, 0.2) is 96.2 Å². The van der Waals surface area contributed by atoms with Crippen LogP contribution in [0.5, 0.6) is 0 Å². The smallest absolute Gasteiger partial charge is 0.416 e. The average Bonchev–Trinajstić information content (AvgIpc) is 2.99. The van der Waals surface area contributed by atoms with Gasteiger partial charge in [-0.25, -0.2) is 22.9 Å². The minimum absolute atomic E-state index is 0.0143. The van der Waals surface area contributed by atoms with E-state index in [4.69, 9.17) is 21.1 Å². The standard InChI is InChI=1S/C35H39ClN4O6S/c1-34(2,3)45-32(41)23-40(33(42)46-35(4,5)6)31-11-7-10-29(38-31)30(39-47(43,44)28-9-8-20-37-22-28)21-24-12-14-25(15-13-24)26-16-18-27(36)19-17-26/h7-20,22,30,39H,21,23H2,1-6H3. The number of rotatable bonds is 10. The van der Waals surface area contributed by atoms with Crippen LogP contribution in [0.3, 0.4) is 0 Å². The van der Waals surface area contributed by atoms with Crippen LogP contribution in [-0.4, -0.2) is 48.2 Å². The minimum Gasteiger partial charge on any atom is -0.459 e. The summed E-state index contributed by atoms with van der Waals surface area (Å²) in [4.78, 5) is 35.9. The zero-order valence-corrected chi connectivity index (χ0v) is 28.8. The van der Waals surface area contributed by atoms with Crippen LogP contribution in [0.4, 0.5) is 10.6 Å². The molecule has 0 aliphatic carbocycles. The second-order valence-electron chi connectivity index (χ2n) is 12.8. The first-order valence-corrected chi connectivity index (χ1v) is 16.8. The molecule has 10 nitrogen and oxygen atoms in total. The molecule has 0 saturated carbocycles. The highest BCUT2D eigenvalue weighted by Crippen LogP contribution is 2.27. The summed E-state index contributed by atoms with van der Waals surface area (Å²) in [5.41, 5.74) is 1.44. The monoisotopic (exact) mass is 678 g/mol. The minimum atomic E-state index is -4.04. The maximum Gasteiger partial charge on any atom is 0.416 e. The van der Waals surface area contributed by atoms with Crippen LogP contribution in [0.2, 0.25) is 5.02 Å². The maximum atomic E-state index is 13.5. The first kappa shape index (κ1) is 35.5. The van der Waals surface area contributed by atoms with E-state index in [0.717, 1.165) is 21.6 Å². The molecular weight excluding hydrogens is 640 g/mol. The topological polar surface area (TPSA) is 128 Å². The second kappa shape index (κ2) is 14.6. The van der Waals surface area contributed by atoms with Crippen LogP contribution >= 0.6 is 11.6 Å². The van der Waals surface area contributed by atoms with Crippen LogP contribution in [0.25, 0.3) is 11.1 Å². The van der Waals surface area contributed by atoms with Crippen LogP contribution in [-0.2, 0) is 30.7 Å². The van der Waals surface area contributed by atoms with Gasteiger partial charge in [-0.3, -0.25) is 14.7 Å². The van der Waals surface area contributed by atoms with Gasteiger partial charge in [0, 0.05) is 17.4 Å². The van der Waals surface area contributed by atoms with Gasteiger partial charge in [0.15, 0.2) is 0 Å². The zero-order chi connectivity index (χ0) is 34.4. The summed E-state index contributed by atoms with van der Waals surface area (Å²) in [5.74, 6) is -0.573.